The Bertz CT molecular complexity index is 464. The Labute approximate surface area is 136 Å². The van der Waals surface area contributed by atoms with Crippen LogP contribution in [0.4, 0.5) is 0 Å². The fourth-order valence-corrected chi connectivity index (χ4v) is 3.66. The molecule has 0 atom stereocenters. The van der Waals surface area contributed by atoms with Crippen molar-refractivity contribution >= 4 is 15.9 Å². The lowest BCUT2D eigenvalue weighted by Gasteiger charge is -2.36. The smallest absolute Gasteiger partial charge is 0.0738 e. The van der Waals surface area contributed by atoms with Crippen molar-refractivity contribution in [3.63, 3.8) is 0 Å². The van der Waals surface area contributed by atoms with Gasteiger partial charge in [-0.2, -0.15) is 5.10 Å². The third-order valence-corrected chi connectivity index (χ3v) is 5.58. The molecule has 0 aromatic carbocycles. The molecular formula is C16H28BrN3O. The lowest BCUT2D eigenvalue weighted by molar-refractivity contribution is -0.00481. The number of aliphatic hydroxyl groups is 1. The van der Waals surface area contributed by atoms with E-state index in [9.17, 15) is 5.11 Å². The van der Waals surface area contributed by atoms with Crippen molar-refractivity contribution in [2.24, 2.45) is 0 Å². The molecule has 0 unspecified atom stereocenters. The monoisotopic (exact) mass is 357 g/mol. The third kappa shape index (κ3) is 4.08. The summed E-state index contributed by atoms with van der Waals surface area (Å²) in [5, 5.41) is 19.0. The number of hydrogen-bond donors (Lipinski definition) is 2. The minimum Gasteiger partial charge on any atom is -0.389 e. The van der Waals surface area contributed by atoms with Crippen LogP contribution >= 0.6 is 15.9 Å². The second-order valence-electron chi connectivity index (χ2n) is 6.29. The van der Waals surface area contributed by atoms with E-state index in [0.717, 1.165) is 54.6 Å². The van der Waals surface area contributed by atoms with E-state index in [2.05, 4.69) is 40.2 Å². The quantitative estimate of drug-likeness (QED) is 0.821. The van der Waals surface area contributed by atoms with Gasteiger partial charge in [0, 0.05) is 19.0 Å². The molecule has 2 rings (SSSR count). The average Bonchev–Trinajstić information content (AvgIpc) is 2.74. The first-order valence-corrected chi connectivity index (χ1v) is 8.96. The topological polar surface area (TPSA) is 50.1 Å². The Morgan fingerprint density at radius 3 is 2.62 bits per heavy atom. The molecule has 5 heteroatoms. The van der Waals surface area contributed by atoms with E-state index >= 15 is 0 Å². The first-order valence-electron chi connectivity index (χ1n) is 8.16. The van der Waals surface area contributed by atoms with E-state index in [4.69, 9.17) is 0 Å². The van der Waals surface area contributed by atoms with Crippen LogP contribution in [-0.2, 0) is 13.0 Å². The molecule has 0 radical (unpaired) electrons. The minimum absolute atomic E-state index is 0.575. The molecule has 4 nitrogen and oxygen atoms in total. The molecule has 2 N–H and O–H groups in total. The zero-order valence-electron chi connectivity index (χ0n) is 13.5. The van der Waals surface area contributed by atoms with Crippen LogP contribution in [0.25, 0.3) is 0 Å². The first-order chi connectivity index (χ1) is 9.99. The lowest BCUT2D eigenvalue weighted by Crippen LogP contribution is -2.43. The molecule has 0 aliphatic heterocycles. The molecule has 1 aliphatic rings. The Morgan fingerprint density at radius 1 is 1.38 bits per heavy atom. The van der Waals surface area contributed by atoms with Gasteiger partial charge in [-0.1, -0.05) is 6.92 Å². The van der Waals surface area contributed by atoms with Gasteiger partial charge in [0.15, 0.2) is 0 Å². The van der Waals surface area contributed by atoms with E-state index < -0.39 is 5.60 Å². The van der Waals surface area contributed by atoms with Crippen molar-refractivity contribution in [1.82, 2.24) is 15.1 Å². The number of aryl methyl sites for hydroxylation is 2. The molecule has 1 aromatic rings. The van der Waals surface area contributed by atoms with Gasteiger partial charge < -0.3 is 10.4 Å². The van der Waals surface area contributed by atoms with E-state index in [1.165, 1.54) is 6.42 Å². The van der Waals surface area contributed by atoms with E-state index in [1.807, 2.05) is 11.6 Å². The Morgan fingerprint density at radius 2 is 2.05 bits per heavy atom. The maximum Gasteiger partial charge on any atom is 0.0738 e. The summed E-state index contributed by atoms with van der Waals surface area (Å²) < 4.78 is 3.07. The van der Waals surface area contributed by atoms with Crippen LogP contribution < -0.4 is 5.32 Å². The van der Waals surface area contributed by atoms with Crippen molar-refractivity contribution in [1.29, 1.82) is 0 Å². The number of halogens is 1. The maximum atomic E-state index is 10.9. The number of nitrogens with one attached hydrogen (secondary N) is 1. The molecule has 1 aromatic heterocycles. The lowest BCUT2D eigenvalue weighted by atomic mass is 9.79. The Balaban J connectivity index is 2.00. The maximum absolute atomic E-state index is 10.9. The highest BCUT2D eigenvalue weighted by atomic mass is 79.9. The fourth-order valence-electron chi connectivity index (χ4n) is 3.23. The highest BCUT2D eigenvalue weighted by molar-refractivity contribution is 9.10. The molecule has 1 aliphatic carbocycles. The molecule has 1 heterocycles. The summed E-state index contributed by atoms with van der Waals surface area (Å²) in [5.41, 5.74) is 1.57. The SMILES string of the molecule is CCCNC1CCC(O)(Cc2c(Br)c(C)nn2CC)CC1. The van der Waals surface area contributed by atoms with Gasteiger partial charge in [-0.3, -0.25) is 4.68 Å². The summed E-state index contributed by atoms with van der Waals surface area (Å²) in [7, 11) is 0. The fraction of sp³-hybridized carbons (Fsp3) is 0.812. The molecule has 1 fully saturated rings. The normalized spacial score (nSPS) is 26.2. The summed E-state index contributed by atoms with van der Waals surface area (Å²) in [5.74, 6) is 0. The zero-order valence-corrected chi connectivity index (χ0v) is 15.0. The van der Waals surface area contributed by atoms with Crippen LogP contribution in [0.3, 0.4) is 0 Å². The number of aromatic nitrogens is 2. The van der Waals surface area contributed by atoms with Crippen LogP contribution in [0.15, 0.2) is 4.47 Å². The van der Waals surface area contributed by atoms with Crippen molar-refractivity contribution in [2.75, 3.05) is 6.54 Å². The highest BCUT2D eigenvalue weighted by Gasteiger charge is 2.35. The molecule has 0 amide bonds. The molecule has 0 bridgehead atoms. The predicted octanol–water partition coefficient (Wildman–Crippen LogP) is 3.19. The van der Waals surface area contributed by atoms with Gasteiger partial charge in [-0.15, -0.1) is 0 Å². The molecular weight excluding hydrogens is 330 g/mol. The summed E-state index contributed by atoms with van der Waals surface area (Å²) in [6, 6.07) is 0.575. The largest absolute Gasteiger partial charge is 0.389 e. The van der Waals surface area contributed by atoms with Gasteiger partial charge >= 0.3 is 0 Å². The highest BCUT2D eigenvalue weighted by Crippen LogP contribution is 2.34. The van der Waals surface area contributed by atoms with Crippen molar-refractivity contribution in [3.05, 3.63) is 15.9 Å². The predicted molar refractivity (Wildman–Crippen MR) is 89.5 cm³/mol. The second kappa shape index (κ2) is 7.25. The van der Waals surface area contributed by atoms with Crippen LogP contribution in [0.5, 0.6) is 0 Å². The number of hydrogen-bond acceptors (Lipinski definition) is 3. The van der Waals surface area contributed by atoms with Crippen LogP contribution in [0.1, 0.15) is 57.3 Å². The van der Waals surface area contributed by atoms with Gasteiger partial charge in [-0.05, 0) is 68.4 Å². The van der Waals surface area contributed by atoms with Gasteiger partial charge in [0.1, 0.15) is 0 Å². The third-order valence-electron chi connectivity index (χ3n) is 4.55. The van der Waals surface area contributed by atoms with Crippen molar-refractivity contribution in [3.8, 4) is 0 Å². The summed E-state index contributed by atoms with van der Waals surface area (Å²) >= 11 is 3.63. The van der Waals surface area contributed by atoms with Crippen LogP contribution in [0, 0.1) is 6.92 Å². The standard InChI is InChI=1S/C16H28BrN3O/c1-4-10-18-13-6-8-16(21,9-7-13)11-14-15(17)12(3)19-20(14)5-2/h13,18,21H,4-11H2,1-3H3. The zero-order chi connectivity index (χ0) is 15.5. The second-order valence-corrected chi connectivity index (χ2v) is 7.08. The number of rotatable bonds is 6. The van der Waals surface area contributed by atoms with Crippen LogP contribution in [0.2, 0.25) is 0 Å². The Kier molecular flexibility index (Phi) is 5.86. The van der Waals surface area contributed by atoms with E-state index in [1.54, 1.807) is 0 Å². The van der Waals surface area contributed by atoms with Gasteiger partial charge in [-0.25, -0.2) is 0 Å². The molecule has 120 valence electrons. The average molecular weight is 358 g/mol. The number of nitrogens with zero attached hydrogens (tertiary/aromatic N) is 2. The molecule has 1 saturated carbocycles. The van der Waals surface area contributed by atoms with Gasteiger partial charge in [0.25, 0.3) is 0 Å². The Hall–Kier alpha value is -0.390. The summed E-state index contributed by atoms with van der Waals surface area (Å²) in [4.78, 5) is 0. The van der Waals surface area contributed by atoms with Crippen molar-refractivity contribution < 1.29 is 5.11 Å². The summed E-state index contributed by atoms with van der Waals surface area (Å²) in [6.45, 7) is 8.22. The molecule has 0 saturated heterocycles. The molecule has 21 heavy (non-hydrogen) atoms. The molecule has 0 spiro atoms. The van der Waals surface area contributed by atoms with Gasteiger partial charge in [0.2, 0.25) is 0 Å². The van der Waals surface area contributed by atoms with E-state index in [-0.39, 0.29) is 0 Å². The van der Waals surface area contributed by atoms with Gasteiger partial charge in [0.05, 0.1) is 21.5 Å². The minimum atomic E-state index is -0.577. The van der Waals surface area contributed by atoms with E-state index in [0.29, 0.717) is 12.5 Å². The van der Waals surface area contributed by atoms with Crippen LogP contribution in [-0.4, -0.2) is 33.1 Å². The summed E-state index contributed by atoms with van der Waals surface area (Å²) in [6.07, 6.45) is 5.73. The first kappa shape index (κ1) is 17.0. The van der Waals surface area contributed by atoms with Crippen molar-refractivity contribution in [2.45, 2.75) is 77.5 Å².